The molecule has 2 fully saturated rings. The molecule has 1 saturated carbocycles. The van der Waals surface area contributed by atoms with Crippen LogP contribution in [-0.2, 0) is 9.59 Å². The molecule has 5 heteroatoms. The molecular weight excluding hydrogens is 230 g/mol. The third-order valence-corrected chi connectivity index (χ3v) is 3.72. The number of nitrogens with zero attached hydrogens (tertiary/aromatic N) is 2. The third-order valence-electron chi connectivity index (χ3n) is 3.72. The smallest absolute Gasteiger partial charge is 0.243 e. The van der Waals surface area contributed by atoms with Gasteiger partial charge in [-0.1, -0.05) is 19.3 Å². The molecule has 2 amide bonds. The van der Waals surface area contributed by atoms with Gasteiger partial charge in [0.2, 0.25) is 11.8 Å². The number of carbonyl (C=O) groups is 2. The maximum absolute atomic E-state index is 11.7. The average molecular weight is 249 g/mol. The van der Waals surface area contributed by atoms with Crippen molar-refractivity contribution < 1.29 is 9.59 Å². The summed E-state index contributed by atoms with van der Waals surface area (Å²) in [6.45, 7) is 0.539. The standard InChI is InChI=1S/C13H19N3O2/c14-7-11-9-16(11)13(18)8-15-12(17)6-10-4-2-1-3-5-10/h10-11H,1-6,8-9H2,(H,15,17). The van der Waals surface area contributed by atoms with Gasteiger partial charge in [0.05, 0.1) is 19.2 Å². The number of rotatable bonds is 4. The molecule has 0 aromatic heterocycles. The van der Waals surface area contributed by atoms with Crippen molar-refractivity contribution in [3.8, 4) is 6.07 Å². The summed E-state index contributed by atoms with van der Waals surface area (Å²) in [6, 6.07) is 1.75. The summed E-state index contributed by atoms with van der Waals surface area (Å²) >= 11 is 0. The second-order valence-electron chi connectivity index (χ2n) is 5.18. The van der Waals surface area contributed by atoms with Crippen LogP contribution >= 0.6 is 0 Å². The Morgan fingerprint density at radius 2 is 2.00 bits per heavy atom. The van der Waals surface area contributed by atoms with Crippen LogP contribution in [0.5, 0.6) is 0 Å². The van der Waals surface area contributed by atoms with E-state index >= 15 is 0 Å². The Bertz CT molecular complexity index is 369. The first-order chi connectivity index (χ1) is 8.70. The SMILES string of the molecule is N#CC1CN1C(=O)CNC(=O)CC1CCCCC1. The minimum Gasteiger partial charge on any atom is -0.347 e. The van der Waals surface area contributed by atoms with Gasteiger partial charge in [0, 0.05) is 6.42 Å². The van der Waals surface area contributed by atoms with Crippen molar-refractivity contribution in [2.45, 2.75) is 44.6 Å². The van der Waals surface area contributed by atoms with E-state index in [1.165, 1.54) is 24.2 Å². The predicted octanol–water partition coefficient (Wildman–Crippen LogP) is 0.807. The highest BCUT2D eigenvalue weighted by molar-refractivity contribution is 5.86. The highest BCUT2D eigenvalue weighted by Crippen LogP contribution is 2.26. The molecule has 1 unspecified atom stereocenters. The normalized spacial score (nSPS) is 23.3. The molecule has 0 aromatic carbocycles. The monoisotopic (exact) mass is 249 g/mol. The van der Waals surface area contributed by atoms with Crippen LogP contribution in [0.2, 0.25) is 0 Å². The summed E-state index contributed by atoms with van der Waals surface area (Å²) in [4.78, 5) is 24.7. The molecule has 18 heavy (non-hydrogen) atoms. The third kappa shape index (κ3) is 3.46. The van der Waals surface area contributed by atoms with Crippen LogP contribution in [0, 0.1) is 17.2 Å². The van der Waals surface area contributed by atoms with Crippen molar-refractivity contribution in [3.63, 3.8) is 0 Å². The van der Waals surface area contributed by atoms with E-state index in [1.54, 1.807) is 0 Å². The molecule has 1 aliphatic heterocycles. The van der Waals surface area contributed by atoms with Crippen LogP contribution in [0.4, 0.5) is 0 Å². The molecule has 1 saturated heterocycles. The summed E-state index contributed by atoms with van der Waals surface area (Å²) in [5.74, 6) is 0.297. The van der Waals surface area contributed by atoms with E-state index in [0.717, 1.165) is 12.8 Å². The lowest BCUT2D eigenvalue weighted by Gasteiger charge is -2.20. The van der Waals surface area contributed by atoms with Crippen LogP contribution in [-0.4, -0.2) is 35.8 Å². The van der Waals surface area contributed by atoms with Gasteiger partial charge in [0.25, 0.3) is 0 Å². The average Bonchev–Trinajstić information content (AvgIpc) is 3.16. The molecule has 1 atom stereocenters. The van der Waals surface area contributed by atoms with E-state index in [4.69, 9.17) is 5.26 Å². The zero-order valence-electron chi connectivity index (χ0n) is 10.5. The van der Waals surface area contributed by atoms with Gasteiger partial charge in [-0.15, -0.1) is 0 Å². The topological polar surface area (TPSA) is 73.0 Å². The van der Waals surface area contributed by atoms with Crippen molar-refractivity contribution in [2.75, 3.05) is 13.1 Å². The Balaban J connectivity index is 1.62. The second-order valence-corrected chi connectivity index (χ2v) is 5.18. The van der Waals surface area contributed by atoms with Gasteiger partial charge in [0.1, 0.15) is 6.04 Å². The molecule has 1 N–H and O–H groups in total. The van der Waals surface area contributed by atoms with Gasteiger partial charge in [-0.3, -0.25) is 9.59 Å². The van der Waals surface area contributed by atoms with Gasteiger partial charge in [0.15, 0.2) is 0 Å². The minimum absolute atomic E-state index is 0.0315. The highest BCUT2D eigenvalue weighted by atomic mass is 16.2. The summed E-state index contributed by atoms with van der Waals surface area (Å²) in [5.41, 5.74) is 0. The van der Waals surface area contributed by atoms with Crippen LogP contribution in [0.1, 0.15) is 38.5 Å². The molecule has 98 valence electrons. The number of nitrogens with one attached hydrogen (secondary N) is 1. The maximum atomic E-state index is 11.7. The lowest BCUT2D eigenvalue weighted by atomic mass is 9.87. The van der Waals surface area contributed by atoms with Gasteiger partial charge in [-0.25, -0.2) is 0 Å². The van der Waals surface area contributed by atoms with E-state index < -0.39 is 0 Å². The number of hydrogen-bond acceptors (Lipinski definition) is 3. The molecular formula is C13H19N3O2. The first kappa shape index (κ1) is 12.9. The molecule has 0 aromatic rings. The van der Waals surface area contributed by atoms with Gasteiger partial charge in [-0.2, -0.15) is 5.26 Å². The summed E-state index contributed by atoms with van der Waals surface area (Å²) < 4.78 is 0. The van der Waals surface area contributed by atoms with Gasteiger partial charge >= 0.3 is 0 Å². The molecule has 0 bridgehead atoms. The van der Waals surface area contributed by atoms with E-state index in [9.17, 15) is 9.59 Å². The molecule has 0 radical (unpaired) electrons. The molecule has 5 nitrogen and oxygen atoms in total. The number of amides is 2. The van der Waals surface area contributed by atoms with Crippen molar-refractivity contribution in [2.24, 2.45) is 5.92 Å². The summed E-state index contributed by atoms with van der Waals surface area (Å²) in [6.07, 6.45) is 6.51. The Morgan fingerprint density at radius 3 is 2.61 bits per heavy atom. The van der Waals surface area contributed by atoms with Crippen LogP contribution in [0.25, 0.3) is 0 Å². The van der Waals surface area contributed by atoms with Crippen molar-refractivity contribution >= 4 is 11.8 Å². The fourth-order valence-corrected chi connectivity index (χ4v) is 2.53. The fraction of sp³-hybridized carbons (Fsp3) is 0.769. The zero-order valence-corrected chi connectivity index (χ0v) is 10.5. The first-order valence-electron chi connectivity index (χ1n) is 6.66. The summed E-state index contributed by atoms with van der Waals surface area (Å²) in [7, 11) is 0. The molecule has 1 aliphatic carbocycles. The molecule has 1 heterocycles. The molecule has 2 aliphatic rings. The van der Waals surface area contributed by atoms with E-state index in [1.807, 2.05) is 6.07 Å². The van der Waals surface area contributed by atoms with E-state index in [0.29, 0.717) is 18.9 Å². The van der Waals surface area contributed by atoms with Crippen LogP contribution in [0.3, 0.4) is 0 Å². The Labute approximate surface area is 107 Å². The Kier molecular flexibility index (Phi) is 4.19. The van der Waals surface area contributed by atoms with Crippen molar-refractivity contribution in [1.29, 1.82) is 5.26 Å². The number of nitriles is 1. The Morgan fingerprint density at radius 1 is 1.28 bits per heavy atom. The second kappa shape index (κ2) is 5.85. The number of hydrogen-bond donors (Lipinski definition) is 1. The minimum atomic E-state index is -0.271. The van der Waals surface area contributed by atoms with Crippen molar-refractivity contribution in [1.82, 2.24) is 10.2 Å². The molecule has 2 rings (SSSR count). The van der Waals surface area contributed by atoms with Crippen LogP contribution < -0.4 is 5.32 Å². The fourth-order valence-electron chi connectivity index (χ4n) is 2.53. The van der Waals surface area contributed by atoms with E-state index in [2.05, 4.69) is 5.32 Å². The predicted molar refractivity (Wildman–Crippen MR) is 65.3 cm³/mol. The van der Waals surface area contributed by atoms with Crippen molar-refractivity contribution in [3.05, 3.63) is 0 Å². The number of carbonyl (C=O) groups excluding carboxylic acids is 2. The van der Waals surface area contributed by atoms with E-state index in [-0.39, 0.29) is 24.4 Å². The molecule has 0 spiro atoms. The quantitative estimate of drug-likeness (QED) is 0.749. The first-order valence-corrected chi connectivity index (χ1v) is 6.66. The highest BCUT2D eigenvalue weighted by Gasteiger charge is 2.38. The Hall–Kier alpha value is -1.57. The van der Waals surface area contributed by atoms with Crippen LogP contribution in [0.15, 0.2) is 0 Å². The van der Waals surface area contributed by atoms with Gasteiger partial charge in [-0.05, 0) is 18.8 Å². The lowest BCUT2D eigenvalue weighted by Crippen LogP contribution is -2.34. The maximum Gasteiger partial charge on any atom is 0.243 e. The lowest BCUT2D eigenvalue weighted by molar-refractivity contribution is -0.129. The summed E-state index contributed by atoms with van der Waals surface area (Å²) in [5, 5.41) is 11.2. The van der Waals surface area contributed by atoms with Gasteiger partial charge < -0.3 is 10.2 Å². The zero-order chi connectivity index (χ0) is 13.0. The largest absolute Gasteiger partial charge is 0.347 e.